The molecule has 2 aliphatic heterocycles. The number of para-hydroxylation sites is 1. The summed E-state index contributed by atoms with van der Waals surface area (Å²) >= 11 is 0. The lowest BCUT2D eigenvalue weighted by atomic mass is 10.1. The summed E-state index contributed by atoms with van der Waals surface area (Å²) in [7, 11) is -2.29. The van der Waals surface area contributed by atoms with Gasteiger partial charge in [0.25, 0.3) is 11.8 Å². The van der Waals surface area contributed by atoms with Gasteiger partial charge in [-0.1, -0.05) is 31.4 Å². The summed E-state index contributed by atoms with van der Waals surface area (Å²) in [6.45, 7) is 2.35. The van der Waals surface area contributed by atoms with E-state index in [4.69, 9.17) is 4.74 Å². The largest absolute Gasteiger partial charge is 0.496 e. The van der Waals surface area contributed by atoms with Gasteiger partial charge >= 0.3 is 0 Å². The highest BCUT2D eigenvalue weighted by molar-refractivity contribution is 7.89. The van der Waals surface area contributed by atoms with Gasteiger partial charge in [-0.15, -0.1) is 0 Å². The molecule has 2 amide bonds. The first-order chi connectivity index (χ1) is 16.9. The molecular weight excluding hydrogens is 466 g/mol. The Morgan fingerprint density at radius 2 is 1.46 bits per heavy atom. The number of amides is 2. The minimum Gasteiger partial charge on any atom is -0.496 e. The average molecular weight is 500 g/mol. The summed E-state index contributed by atoms with van der Waals surface area (Å²) < 4.78 is 33.2. The summed E-state index contributed by atoms with van der Waals surface area (Å²) in [6.07, 6.45) is 6.82. The predicted molar refractivity (Wildman–Crippen MR) is 134 cm³/mol. The van der Waals surface area contributed by atoms with Crippen LogP contribution in [0.3, 0.4) is 0 Å². The zero-order valence-electron chi connectivity index (χ0n) is 20.2. The predicted octanol–water partition coefficient (Wildman–Crippen LogP) is 4.14. The van der Waals surface area contributed by atoms with Crippen molar-refractivity contribution in [3.63, 3.8) is 0 Å². The van der Waals surface area contributed by atoms with Crippen molar-refractivity contribution in [2.75, 3.05) is 38.6 Å². The van der Waals surface area contributed by atoms with Crippen molar-refractivity contribution in [3.05, 3.63) is 53.6 Å². The number of hydrogen-bond donors (Lipinski definition) is 1. The fourth-order valence-electron chi connectivity index (χ4n) is 4.69. The number of nitrogens with zero attached hydrogens (tertiary/aromatic N) is 2. The van der Waals surface area contributed by atoms with Gasteiger partial charge < -0.3 is 15.0 Å². The molecule has 0 radical (unpaired) electrons. The summed E-state index contributed by atoms with van der Waals surface area (Å²) in [6, 6.07) is 11.2. The number of piperidine rings is 1. The van der Waals surface area contributed by atoms with Gasteiger partial charge in [0.2, 0.25) is 10.0 Å². The first kappa shape index (κ1) is 25.2. The van der Waals surface area contributed by atoms with Crippen LogP contribution in [0.2, 0.25) is 0 Å². The standard InChI is InChI=1S/C26H33N3O5S/c1-34-24-14-13-20(35(32,33)29-17-9-4-10-18-29)19-22(24)25(30)27-23-12-6-5-11-21(23)26(31)28-15-7-2-3-8-16-28/h5-6,11-14,19H,2-4,7-10,15-18H2,1H3,(H,27,30). The fraction of sp³-hybridized carbons (Fsp3) is 0.462. The number of nitrogens with one attached hydrogen (secondary N) is 1. The smallest absolute Gasteiger partial charge is 0.259 e. The Kier molecular flexibility index (Phi) is 8.07. The van der Waals surface area contributed by atoms with Gasteiger partial charge in [-0.25, -0.2) is 8.42 Å². The fourth-order valence-corrected chi connectivity index (χ4v) is 6.24. The van der Waals surface area contributed by atoms with Gasteiger partial charge in [0, 0.05) is 26.2 Å². The van der Waals surface area contributed by atoms with E-state index in [1.165, 1.54) is 29.6 Å². The van der Waals surface area contributed by atoms with Crippen LogP contribution in [-0.2, 0) is 10.0 Å². The molecule has 35 heavy (non-hydrogen) atoms. The number of methoxy groups -OCH3 is 1. The van der Waals surface area contributed by atoms with E-state index in [-0.39, 0.29) is 22.1 Å². The molecule has 2 saturated heterocycles. The van der Waals surface area contributed by atoms with Crippen LogP contribution in [0.4, 0.5) is 5.69 Å². The van der Waals surface area contributed by atoms with Crippen molar-refractivity contribution in [1.82, 2.24) is 9.21 Å². The van der Waals surface area contributed by atoms with Crippen LogP contribution in [0.15, 0.2) is 47.4 Å². The first-order valence-electron chi connectivity index (χ1n) is 12.3. The molecule has 2 aliphatic rings. The van der Waals surface area contributed by atoms with Gasteiger partial charge in [0.15, 0.2) is 0 Å². The molecular formula is C26H33N3O5S. The maximum absolute atomic E-state index is 13.3. The van der Waals surface area contributed by atoms with E-state index in [2.05, 4.69) is 5.32 Å². The van der Waals surface area contributed by atoms with Crippen molar-refractivity contribution in [2.45, 2.75) is 49.8 Å². The second-order valence-corrected chi connectivity index (χ2v) is 11.0. The first-order valence-corrected chi connectivity index (χ1v) is 13.7. The van der Waals surface area contributed by atoms with E-state index in [0.29, 0.717) is 37.4 Å². The lowest BCUT2D eigenvalue weighted by Gasteiger charge is -2.26. The number of likely N-dealkylation sites (tertiary alicyclic amines) is 1. The van der Waals surface area contributed by atoms with E-state index in [1.807, 2.05) is 4.90 Å². The molecule has 0 aliphatic carbocycles. The van der Waals surface area contributed by atoms with Gasteiger partial charge in [-0.05, 0) is 56.0 Å². The summed E-state index contributed by atoms with van der Waals surface area (Å²) in [5, 5.41) is 2.82. The molecule has 2 heterocycles. The number of ether oxygens (including phenoxy) is 1. The molecule has 0 spiro atoms. The number of rotatable bonds is 6. The Bertz CT molecular complexity index is 1170. The van der Waals surface area contributed by atoms with E-state index < -0.39 is 15.9 Å². The van der Waals surface area contributed by atoms with Gasteiger partial charge in [-0.3, -0.25) is 9.59 Å². The number of hydrogen-bond acceptors (Lipinski definition) is 5. The third-order valence-electron chi connectivity index (χ3n) is 6.67. The molecule has 2 fully saturated rings. The molecule has 4 rings (SSSR count). The molecule has 188 valence electrons. The second-order valence-electron chi connectivity index (χ2n) is 9.03. The molecule has 9 heteroatoms. The average Bonchev–Trinajstić information content (AvgIpc) is 3.18. The van der Waals surface area contributed by atoms with Crippen LogP contribution in [0.1, 0.15) is 65.7 Å². The third kappa shape index (κ3) is 5.67. The molecule has 0 aromatic heterocycles. The Morgan fingerprint density at radius 1 is 0.829 bits per heavy atom. The molecule has 0 atom stereocenters. The lowest BCUT2D eigenvalue weighted by Crippen LogP contribution is -2.35. The van der Waals surface area contributed by atoms with Gasteiger partial charge in [-0.2, -0.15) is 4.31 Å². The van der Waals surface area contributed by atoms with Gasteiger partial charge in [0.05, 0.1) is 28.8 Å². The Hall–Kier alpha value is -2.91. The van der Waals surface area contributed by atoms with Crippen molar-refractivity contribution in [3.8, 4) is 5.75 Å². The number of anilines is 1. The Balaban J connectivity index is 1.61. The number of benzene rings is 2. The quantitative estimate of drug-likeness (QED) is 0.645. The van der Waals surface area contributed by atoms with Crippen LogP contribution in [-0.4, -0.2) is 62.7 Å². The second kappa shape index (κ2) is 11.2. The molecule has 0 saturated carbocycles. The van der Waals surface area contributed by atoms with Crippen LogP contribution < -0.4 is 10.1 Å². The highest BCUT2D eigenvalue weighted by Crippen LogP contribution is 2.28. The maximum Gasteiger partial charge on any atom is 0.259 e. The Labute approximate surface area is 207 Å². The van der Waals surface area contributed by atoms with Crippen molar-refractivity contribution < 1.29 is 22.7 Å². The zero-order valence-corrected chi connectivity index (χ0v) is 21.0. The van der Waals surface area contributed by atoms with E-state index >= 15 is 0 Å². The SMILES string of the molecule is COc1ccc(S(=O)(=O)N2CCCCC2)cc1C(=O)Nc1ccccc1C(=O)N1CCCCCC1. The molecule has 8 nitrogen and oxygen atoms in total. The third-order valence-corrected chi connectivity index (χ3v) is 8.56. The molecule has 0 bridgehead atoms. The number of sulfonamides is 1. The lowest BCUT2D eigenvalue weighted by molar-refractivity contribution is 0.0762. The van der Waals surface area contributed by atoms with Crippen LogP contribution >= 0.6 is 0 Å². The van der Waals surface area contributed by atoms with Crippen LogP contribution in [0.5, 0.6) is 5.75 Å². The van der Waals surface area contributed by atoms with E-state index in [1.54, 1.807) is 24.3 Å². The number of carbonyl (C=O) groups is 2. The topological polar surface area (TPSA) is 96.0 Å². The maximum atomic E-state index is 13.3. The molecule has 1 N–H and O–H groups in total. The van der Waals surface area contributed by atoms with Gasteiger partial charge in [0.1, 0.15) is 5.75 Å². The minimum absolute atomic E-state index is 0.0549. The zero-order chi connectivity index (χ0) is 24.8. The van der Waals surface area contributed by atoms with Crippen molar-refractivity contribution in [2.24, 2.45) is 0 Å². The number of carbonyl (C=O) groups excluding carboxylic acids is 2. The van der Waals surface area contributed by atoms with Crippen molar-refractivity contribution in [1.29, 1.82) is 0 Å². The molecule has 0 unspecified atom stereocenters. The Morgan fingerprint density at radius 3 is 2.14 bits per heavy atom. The van der Waals surface area contributed by atoms with E-state index in [9.17, 15) is 18.0 Å². The molecule has 2 aromatic rings. The monoisotopic (exact) mass is 499 g/mol. The summed E-state index contributed by atoms with van der Waals surface area (Å²) in [4.78, 5) is 28.5. The highest BCUT2D eigenvalue weighted by Gasteiger charge is 2.28. The summed E-state index contributed by atoms with van der Waals surface area (Å²) in [5.41, 5.74) is 0.902. The van der Waals surface area contributed by atoms with Crippen LogP contribution in [0.25, 0.3) is 0 Å². The summed E-state index contributed by atoms with van der Waals surface area (Å²) in [5.74, 6) is -0.388. The minimum atomic E-state index is -3.72. The highest BCUT2D eigenvalue weighted by atomic mass is 32.2. The van der Waals surface area contributed by atoms with Crippen LogP contribution in [0, 0.1) is 0 Å². The van der Waals surface area contributed by atoms with E-state index in [0.717, 1.165) is 44.9 Å². The normalized spacial score (nSPS) is 17.5. The molecule has 2 aromatic carbocycles. The van der Waals surface area contributed by atoms with Crippen molar-refractivity contribution >= 4 is 27.5 Å².